The molecule has 2 atom stereocenters. The van der Waals surface area contributed by atoms with E-state index >= 15 is 0 Å². The summed E-state index contributed by atoms with van der Waals surface area (Å²) >= 11 is 0. The molecule has 0 saturated carbocycles. The summed E-state index contributed by atoms with van der Waals surface area (Å²) in [6, 6.07) is 11.4. The molecule has 0 amide bonds. The van der Waals surface area contributed by atoms with Crippen molar-refractivity contribution in [1.29, 1.82) is 0 Å². The maximum atomic E-state index is 13.6. The number of ketones is 1. The van der Waals surface area contributed by atoms with Crippen LogP contribution in [0.1, 0.15) is 35.6 Å². The van der Waals surface area contributed by atoms with Crippen LogP contribution in [-0.2, 0) is 10.2 Å². The van der Waals surface area contributed by atoms with Crippen molar-refractivity contribution < 1.29 is 9.90 Å². The standard InChI is InChI=1S/C22H22N2O3/c1-23-10-9-22-17-4-2-3-5-18(17)24-20(27)7-6-15(21(22)24)16(12-19(22)26)14(13-23)8-11-25/h2-8,16,25H,9-13H2,1H3/b14-8+/t16-,22+/m0/s1. The van der Waals surface area contributed by atoms with Gasteiger partial charge in [-0.3, -0.25) is 14.2 Å². The minimum Gasteiger partial charge on any atom is -0.392 e. The molecule has 3 aliphatic heterocycles. The molecule has 4 aliphatic rings. The third kappa shape index (κ3) is 2.07. The summed E-state index contributed by atoms with van der Waals surface area (Å²) in [5.41, 5.74) is 3.94. The first-order valence-electron chi connectivity index (χ1n) is 9.46. The molecule has 1 aromatic carbocycles. The van der Waals surface area contributed by atoms with Crippen molar-refractivity contribution >= 4 is 5.78 Å². The van der Waals surface area contributed by atoms with Crippen LogP contribution >= 0.6 is 0 Å². The van der Waals surface area contributed by atoms with Crippen LogP contribution in [0.4, 0.5) is 0 Å². The van der Waals surface area contributed by atoms with E-state index in [2.05, 4.69) is 11.9 Å². The average molecular weight is 362 g/mol. The fourth-order valence-corrected chi connectivity index (χ4v) is 5.33. The molecule has 0 unspecified atom stereocenters. The fraction of sp³-hybridized carbons (Fsp3) is 0.364. The number of benzene rings is 1. The van der Waals surface area contributed by atoms with Crippen LogP contribution in [0.15, 0.2) is 52.8 Å². The van der Waals surface area contributed by atoms with Crippen LogP contribution in [0, 0.1) is 0 Å². The number of aromatic nitrogens is 1. The Bertz CT molecular complexity index is 1050. The van der Waals surface area contributed by atoms with Gasteiger partial charge in [0.05, 0.1) is 17.7 Å². The monoisotopic (exact) mass is 362 g/mol. The molecule has 1 saturated heterocycles. The van der Waals surface area contributed by atoms with E-state index in [1.807, 2.05) is 36.4 Å². The maximum Gasteiger partial charge on any atom is 0.255 e. The molecule has 27 heavy (non-hydrogen) atoms. The molecule has 2 bridgehead atoms. The van der Waals surface area contributed by atoms with Crippen LogP contribution in [0.5, 0.6) is 0 Å². The minimum atomic E-state index is -0.744. The van der Waals surface area contributed by atoms with Gasteiger partial charge in [-0.1, -0.05) is 30.3 Å². The van der Waals surface area contributed by atoms with Crippen LogP contribution in [-0.4, -0.2) is 47.1 Å². The second-order valence-corrected chi connectivity index (χ2v) is 7.86. The van der Waals surface area contributed by atoms with Gasteiger partial charge in [0.2, 0.25) is 0 Å². The van der Waals surface area contributed by atoms with Crippen molar-refractivity contribution in [1.82, 2.24) is 9.47 Å². The molecule has 1 spiro atoms. The van der Waals surface area contributed by atoms with Crippen LogP contribution in [0.3, 0.4) is 0 Å². The number of rotatable bonds is 1. The number of hydrogen-bond donors (Lipinski definition) is 1. The van der Waals surface area contributed by atoms with Crippen molar-refractivity contribution in [3.8, 4) is 5.69 Å². The molecule has 1 N–H and O–H groups in total. The lowest BCUT2D eigenvalue weighted by Crippen LogP contribution is -2.43. The van der Waals surface area contributed by atoms with Gasteiger partial charge in [-0.25, -0.2) is 0 Å². The van der Waals surface area contributed by atoms with Gasteiger partial charge in [-0.2, -0.15) is 0 Å². The fourth-order valence-electron chi connectivity index (χ4n) is 5.33. The van der Waals surface area contributed by atoms with Gasteiger partial charge in [0.25, 0.3) is 5.56 Å². The van der Waals surface area contributed by atoms with Crippen molar-refractivity contribution in [2.45, 2.75) is 24.2 Å². The van der Waals surface area contributed by atoms with Gasteiger partial charge in [-0.15, -0.1) is 0 Å². The Morgan fingerprint density at radius 1 is 1.22 bits per heavy atom. The summed E-state index contributed by atoms with van der Waals surface area (Å²) in [6.45, 7) is 1.42. The third-order valence-electron chi connectivity index (χ3n) is 6.49. The van der Waals surface area contributed by atoms with Crippen LogP contribution in [0.25, 0.3) is 5.69 Å². The molecule has 1 aliphatic carbocycles. The highest BCUT2D eigenvalue weighted by Crippen LogP contribution is 2.54. The lowest BCUT2D eigenvalue weighted by molar-refractivity contribution is -0.124. The Labute approximate surface area is 157 Å². The van der Waals surface area contributed by atoms with E-state index in [0.29, 0.717) is 12.8 Å². The van der Waals surface area contributed by atoms with Gasteiger partial charge < -0.3 is 10.0 Å². The summed E-state index contributed by atoms with van der Waals surface area (Å²) in [7, 11) is 2.05. The van der Waals surface area contributed by atoms with Crippen LogP contribution < -0.4 is 5.56 Å². The first kappa shape index (κ1) is 16.7. The van der Waals surface area contributed by atoms with Gasteiger partial charge in [-0.05, 0) is 42.8 Å². The highest BCUT2D eigenvalue weighted by atomic mass is 16.2. The molecule has 4 heterocycles. The second kappa shape index (κ2) is 5.75. The van der Waals surface area contributed by atoms with E-state index in [0.717, 1.165) is 41.2 Å². The summed E-state index contributed by atoms with van der Waals surface area (Å²) in [5, 5.41) is 9.55. The first-order chi connectivity index (χ1) is 13.1. The van der Waals surface area contributed by atoms with Gasteiger partial charge in [0, 0.05) is 30.6 Å². The predicted molar refractivity (Wildman–Crippen MR) is 102 cm³/mol. The molecule has 1 aromatic heterocycles. The number of para-hydroxylation sites is 1. The molecular weight excluding hydrogens is 340 g/mol. The molecule has 0 radical (unpaired) electrons. The van der Waals surface area contributed by atoms with Gasteiger partial charge >= 0.3 is 0 Å². The molecular formula is C22H22N2O3. The highest BCUT2D eigenvalue weighted by molar-refractivity contribution is 5.99. The third-order valence-corrected chi connectivity index (χ3v) is 6.49. The topological polar surface area (TPSA) is 62.5 Å². The minimum absolute atomic E-state index is 0.0474. The Morgan fingerprint density at radius 3 is 2.85 bits per heavy atom. The van der Waals surface area contributed by atoms with Gasteiger partial charge in [0.1, 0.15) is 5.78 Å². The predicted octanol–water partition coefficient (Wildman–Crippen LogP) is 1.75. The molecule has 5 heteroatoms. The Kier molecular flexibility index (Phi) is 3.55. The van der Waals surface area contributed by atoms with E-state index in [9.17, 15) is 14.7 Å². The van der Waals surface area contributed by atoms with Crippen molar-refractivity contribution in [2.75, 3.05) is 26.7 Å². The lowest BCUT2D eigenvalue weighted by Gasteiger charge is -2.37. The summed E-state index contributed by atoms with van der Waals surface area (Å²) < 4.78 is 1.76. The quantitative estimate of drug-likeness (QED) is 0.785. The largest absolute Gasteiger partial charge is 0.392 e. The van der Waals surface area contributed by atoms with Crippen molar-refractivity contribution in [3.05, 3.63) is 75.2 Å². The summed E-state index contributed by atoms with van der Waals surface area (Å²) in [4.78, 5) is 28.7. The Balaban J connectivity index is 1.91. The zero-order chi connectivity index (χ0) is 18.8. The highest BCUT2D eigenvalue weighted by Gasteiger charge is 2.55. The number of fused-ring (bicyclic) bond motifs is 7. The zero-order valence-electron chi connectivity index (χ0n) is 15.3. The smallest absolute Gasteiger partial charge is 0.255 e. The number of likely N-dealkylation sites (N-methyl/N-ethyl adjacent to an activating group) is 1. The lowest BCUT2D eigenvalue weighted by atomic mass is 9.63. The number of carbonyl (C=O) groups is 1. The van der Waals surface area contributed by atoms with Crippen LogP contribution in [0.2, 0.25) is 0 Å². The Morgan fingerprint density at radius 2 is 2.04 bits per heavy atom. The first-order valence-corrected chi connectivity index (χ1v) is 9.46. The average Bonchev–Trinajstić information content (AvgIpc) is 3.00. The number of carbonyl (C=O) groups excluding carboxylic acids is 1. The zero-order valence-corrected chi connectivity index (χ0v) is 15.3. The molecule has 1 fully saturated rings. The molecule has 6 rings (SSSR count). The van der Waals surface area contributed by atoms with E-state index < -0.39 is 5.41 Å². The summed E-state index contributed by atoms with van der Waals surface area (Å²) in [5.74, 6) is 0.0953. The number of hydrogen-bond acceptors (Lipinski definition) is 4. The Hall–Kier alpha value is -2.50. The van der Waals surface area contributed by atoms with Crippen molar-refractivity contribution in [2.24, 2.45) is 0 Å². The van der Waals surface area contributed by atoms with Gasteiger partial charge in [0.15, 0.2) is 0 Å². The van der Waals surface area contributed by atoms with E-state index in [-0.39, 0.29) is 23.9 Å². The SMILES string of the molecule is CN1CC[C@@]23C(=O)C[C@@H](/C(=C/CO)C1)c1ccc(=O)n(c12)-c1ccccc13. The van der Waals surface area contributed by atoms with E-state index in [4.69, 9.17) is 0 Å². The molecule has 138 valence electrons. The van der Waals surface area contributed by atoms with Crippen molar-refractivity contribution in [3.63, 3.8) is 0 Å². The summed E-state index contributed by atoms with van der Waals surface area (Å²) in [6.07, 6.45) is 2.91. The van der Waals surface area contributed by atoms with E-state index in [1.54, 1.807) is 10.6 Å². The number of nitrogens with zero attached hydrogens (tertiary/aromatic N) is 2. The molecule has 5 nitrogen and oxygen atoms in total. The molecule has 2 aromatic rings. The number of Topliss-reactive ketones (excluding diaryl/α,β-unsaturated/α-hetero) is 1. The normalized spacial score (nSPS) is 27.9. The second-order valence-electron chi connectivity index (χ2n) is 7.86. The van der Waals surface area contributed by atoms with E-state index in [1.165, 1.54) is 0 Å². The number of aliphatic hydroxyl groups is 1. The number of aliphatic hydroxyl groups excluding tert-OH is 1. The number of pyridine rings is 1. The maximum absolute atomic E-state index is 13.6.